The number of hydrogen-bond donors (Lipinski definition) is 0. The van der Waals surface area contributed by atoms with Gasteiger partial charge in [-0.2, -0.15) is 0 Å². The van der Waals surface area contributed by atoms with Crippen molar-refractivity contribution in [2.75, 3.05) is 0 Å². The molecular formula is C42H39Cl2P3. The molecule has 0 spiro atoms. The monoisotopic (exact) mass is 706 g/mol. The van der Waals surface area contributed by atoms with Crippen LogP contribution in [0.15, 0.2) is 212 Å². The second-order valence-electron chi connectivity index (χ2n) is 10.1. The third kappa shape index (κ3) is 13.2. The molecular weight excluding hydrogens is 668 g/mol. The van der Waals surface area contributed by atoms with Crippen molar-refractivity contribution in [1.82, 2.24) is 0 Å². The largest absolute Gasteiger partial charge is 0.147 e. The van der Waals surface area contributed by atoms with Gasteiger partial charge in [-0.3, -0.25) is 0 Å². The van der Waals surface area contributed by atoms with Crippen LogP contribution in [-0.4, -0.2) is 0 Å². The van der Waals surface area contributed by atoms with E-state index in [1.54, 1.807) is 0 Å². The molecule has 0 aliphatic rings. The second-order valence-corrected chi connectivity index (χ2v) is 15.1. The Morgan fingerprint density at radius 2 is 0.404 bits per heavy atom. The standard InChI is InChI=1S/C18H15P.2C12H11P.2ClH/c1-4-10-16(11-5-1)19(17-12-6-2-7-13-17)18-14-8-3-9-15-18;2*1-3-7-11(8-4-1)13-12-9-5-2-6-10-12;;/h1-15H;2*1-10,13H;2*1H. The van der Waals surface area contributed by atoms with Gasteiger partial charge < -0.3 is 0 Å². The summed E-state index contributed by atoms with van der Waals surface area (Å²) in [6.45, 7) is 0. The summed E-state index contributed by atoms with van der Waals surface area (Å²) < 4.78 is 0. The van der Waals surface area contributed by atoms with Gasteiger partial charge in [-0.15, -0.1) is 24.8 Å². The fourth-order valence-corrected chi connectivity index (χ4v) is 9.01. The first-order valence-electron chi connectivity index (χ1n) is 15.0. The summed E-state index contributed by atoms with van der Waals surface area (Å²) in [5.74, 6) is 0. The van der Waals surface area contributed by atoms with Crippen LogP contribution < -0.4 is 37.1 Å². The maximum atomic E-state index is 2.23. The minimum absolute atomic E-state index is 0. The summed E-state index contributed by atoms with van der Waals surface area (Å²) in [4.78, 5) is 0. The molecule has 47 heavy (non-hydrogen) atoms. The molecule has 0 nitrogen and oxygen atoms in total. The molecule has 0 aliphatic heterocycles. The molecule has 0 amide bonds. The summed E-state index contributed by atoms with van der Waals surface area (Å²) in [6.07, 6.45) is 0. The predicted octanol–water partition coefficient (Wildman–Crippen LogP) is 8.92. The van der Waals surface area contributed by atoms with E-state index < -0.39 is 7.92 Å². The number of halogens is 2. The fraction of sp³-hybridized carbons (Fsp3) is 0. The van der Waals surface area contributed by atoms with Gasteiger partial charge in [0.15, 0.2) is 0 Å². The third-order valence-corrected chi connectivity index (χ3v) is 11.6. The van der Waals surface area contributed by atoms with E-state index in [4.69, 9.17) is 0 Å². The Hall–Kier alpha value is -3.59. The minimum atomic E-state index is -0.446. The smallest absolute Gasteiger partial charge is 0.0134 e. The third-order valence-electron chi connectivity index (χ3n) is 6.72. The van der Waals surface area contributed by atoms with Gasteiger partial charge in [0, 0.05) is 0 Å². The molecule has 0 aromatic heterocycles. The Morgan fingerprint density at radius 1 is 0.234 bits per heavy atom. The highest BCUT2D eigenvalue weighted by Crippen LogP contribution is 2.32. The van der Waals surface area contributed by atoms with Gasteiger partial charge in [-0.1, -0.05) is 229 Å². The SMILES string of the molecule is Cl.Cl.c1ccc(P(c2ccccc2)c2ccccc2)cc1.c1ccc(Pc2ccccc2)cc1.c1ccc(Pc2ccccc2)cc1. The van der Waals surface area contributed by atoms with Crippen LogP contribution in [0.4, 0.5) is 0 Å². The maximum Gasteiger partial charge on any atom is -0.0134 e. The van der Waals surface area contributed by atoms with Gasteiger partial charge in [-0.05, 0) is 45.1 Å². The zero-order valence-corrected chi connectivity index (χ0v) is 30.5. The molecule has 0 atom stereocenters. The Bertz CT molecular complexity index is 1510. The summed E-state index contributed by atoms with van der Waals surface area (Å²) in [5, 5.41) is 9.78. The van der Waals surface area contributed by atoms with Crippen LogP contribution in [0.5, 0.6) is 0 Å². The molecule has 0 saturated heterocycles. The molecule has 0 heterocycles. The first-order chi connectivity index (χ1) is 22.3. The average Bonchev–Trinajstić information content (AvgIpc) is 3.12. The Labute approximate surface area is 297 Å². The van der Waals surface area contributed by atoms with Crippen LogP contribution in [0.25, 0.3) is 0 Å². The van der Waals surface area contributed by atoms with Crippen molar-refractivity contribution in [3.05, 3.63) is 212 Å². The minimum Gasteiger partial charge on any atom is -0.147 e. The number of benzene rings is 7. The van der Waals surface area contributed by atoms with E-state index in [-0.39, 0.29) is 24.8 Å². The van der Waals surface area contributed by atoms with E-state index in [0.29, 0.717) is 0 Å². The van der Waals surface area contributed by atoms with E-state index in [1.807, 2.05) is 0 Å². The van der Waals surface area contributed by atoms with Gasteiger partial charge in [0.1, 0.15) is 0 Å². The molecule has 0 fully saturated rings. The molecule has 0 N–H and O–H groups in total. The molecule has 7 aromatic rings. The topological polar surface area (TPSA) is 0 Å². The second kappa shape index (κ2) is 22.1. The maximum absolute atomic E-state index is 2.23. The Morgan fingerprint density at radius 3 is 0.596 bits per heavy atom. The quantitative estimate of drug-likeness (QED) is 0.145. The van der Waals surface area contributed by atoms with Gasteiger partial charge in [-0.25, -0.2) is 0 Å². The zero-order valence-electron chi connectivity index (χ0n) is 26.0. The zero-order chi connectivity index (χ0) is 30.8. The summed E-state index contributed by atoms with van der Waals surface area (Å²) >= 11 is 0. The first kappa shape index (κ1) is 37.9. The summed E-state index contributed by atoms with van der Waals surface area (Å²) in [5.41, 5.74) is 0. The van der Waals surface area contributed by atoms with E-state index in [9.17, 15) is 0 Å². The summed E-state index contributed by atoms with van der Waals surface area (Å²) in [7, 11) is 1.11. The van der Waals surface area contributed by atoms with E-state index >= 15 is 0 Å². The fourth-order valence-electron chi connectivity index (χ4n) is 4.60. The van der Waals surface area contributed by atoms with Crippen molar-refractivity contribution in [1.29, 1.82) is 0 Å². The molecule has 5 heteroatoms. The van der Waals surface area contributed by atoms with Gasteiger partial charge in [0.05, 0.1) is 0 Å². The molecule has 7 rings (SSSR count). The number of hydrogen-bond acceptors (Lipinski definition) is 0. The lowest BCUT2D eigenvalue weighted by atomic mass is 10.4. The van der Waals surface area contributed by atoms with Crippen LogP contribution in [0, 0.1) is 0 Å². The van der Waals surface area contributed by atoms with E-state index in [0.717, 1.165) is 17.2 Å². The molecule has 0 aliphatic carbocycles. The van der Waals surface area contributed by atoms with Gasteiger partial charge in [0.25, 0.3) is 0 Å². The van der Waals surface area contributed by atoms with Crippen LogP contribution in [0.1, 0.15) is 0 Å². The Kier molecular flexibility index (Phi) is 17.8. The summed E-state index contributed by atoms with van der Waals surface area (Å²) in [6, 6.07) is 74.6. The molecule has 0 saturated carbocycles. The lowest BCUT2D eigenvalue weighted by Crippen LogP contribution is -2.20. The normalized spacial score (nSPS) is 9.72. The van der Waals surface area contributed by atoms with Crippen LogP contribution in [-0.2, 0) is 0 Å². The van der Waals surface area contributed by atoms with Crippen LogP contribution in [0.3, 0.4) is 0 Å². The average molecular weight is 708 g/mol. The van der Waals surface area contributed by atoms with Crippen LogP contribution in [0.2, 0.25) is 0 Å². The Balaban J connectivity index is 0.000000193. The predicted molar refractivity (Wildman–Crippen MR) is 221 cm³/mol. The van der Waals surface area contributed by atoms with E-state index in [2.05, 4.69) is 212 Å². The highest BCUT2D eigenvalue weighted by Gasteiger charge is 2.15. The highest BCUT2D eigenvalue weighted by molar-refractivity contribution is 7.79. The van der Waals surface area contributed by atoms with Crippen molar-refractivity contribution in [3.8, 4) is 0 Å². The molecule has 0 unspecified atom stereocenters. The van der Waals surface area contributed by atoms with Crippen molar-refractivity contribution in [2.24, 2.45) is 0 Å². The number of rotatable bonds is 7. The van der Waals surface area contributed by atoms with Crippen molar-refractivity contribution < 1.29 is 0 Å². The molecule has 0 radical (unpaired) electrons. The van der Waals surface area contributed by atoms with Gasteiger partial charge in [0.2, 0.25) is 0 Å². The van der Waals surface area contributed by atoms with Crippen molar-refractivity contribution in [3.63, 3.8) is 0 Å². The van der Waals surface area contributed by atoms with Crippen molar-refractivity contribution >= 4 is 87.0 Å². The van der Waals surface area contributed by atoms with Crippen LogP contribution >= 0.6 is 49.9 Å². The molecule has 236 valence electrons. The molecule has 0 bridgehead atoms. The first-order valence-corrected chi connectivity index (χ1v) is 18.4. The molecule has 7 aromatic carbocycles. The lowest BCUT2D eigenvalue weighted by molar-refractivity contribution is 1.74. The highest BCUT2D eigenvalue weighted by atomic mass is 35.5. The lowest BCUT2D eigenvalue weighted by Gasteiger charge is -2.18. The van der Waals surface area contributed by atoms with Gasteiger partial charge >= 0.3 is 0 Å². The van der Waals surface area contributed by atoms with E-state index in [1.165, 1.54) is 37.1 Å². The van der Waals surface area contributed by atoms with Crippen molar-refractivity contribution in [2.45, 2.75) is 0 Å².